The third kappa shape index (κ3) is 2.62. The number of carbonyl (C=O) groups excluding carboxylic acids is 1. The molecule has 1 aliphatic rings. The zero-order valence-electron chi connectivity index (χ0n) is 9.40. The number of anilines is 1. The van der Waals surface area contributed by atoms with E-state index in [2.05, 4.69) is 5.32 Å². The van der Waals surface area contributed by atoms with Crippen LogP contribution in [0.5, 0.6) is 0 Å². The van der Waals surface area contributed by atoms with Crippen LogP contribution in [0.4, 0.5) is 10.1 Å². The first-order chi connectivity index (χ1) is 8.22. The quantitative estimate of drug-likeness (QED) is 0.807. The maximum atomic E-state index is 13.1. The monoisotopic (exact) mass is 238 g/mol. The second kappa shape index (κ2) is 5.25. The Kier molecular flexibility index (Phi) is 3.71. The Hall–Kier alpha value is -1.46. The van der Waals surface area contributed by atoms with Gasteiger partial charge in [0.1, 0.15) is 5.82 Å². The van der Waals surface area contributed by atoms with Crippen LogP contribution < -0.4 is 10.2 Å². The molecule has 1 amide bonds. The summed E-state index contributed by atoms with van der Waals surface area (Å²) in [6, 6.07) is 5.61. The van der Waals surface area contributed by atoms with E-state index in [1.807, 2.05) is 0 Å². The third-order valence-corrected chi connectivity index (χ3v) is 2.83. The summed E-state index contributed by atoms with van der Waals surface area (Å²) in [7, 11) is 0. The standard InChI is InChI=1S/C12H15FN2O2/c13-9-2-1-3-10(8-9)15-6-5-14-11(4-7-16)12(15)17/h1-3,8,11,14,16H,4-7H2. The number of nitrogens with one attached hydrogen (secondary N) is 1. The molecule has 0 aliphatic carbocycles. The molecule has 2 N–H and O–H groups in total. The highest BCUT2D eigenvalue weighted by Crippen LogP contribution is 2.18. The van der Waals surface area contributed by atoms with Crippen molar-refractivity contribution in [3.05, 3.63) is 30.1 Å². The predicted octanol–water partition coefficient (Wildman–Crippen LogP) is 0.513. The second-order valence-electron chi connectivity index (χ2n) is 3.99. The molecule has 0 bridgehead atoms. The first-order valence-electron chi connectivity index (χ1n) is 5.63. The van der Waals surface area contributed by atoms with Crippen LogP contribution in [0.1, 0.15) is 6.42 Å². The number of halogens is 1. The lowest BCUT2D eigenvalue weighted by molar-refractivity contribution is -0.122. The maximum absolute atomic E-state index is 13.1. The van der Waals surface area contributed by atoms with Crippen molar-refractivity contribution >= 4 is 11.6 Å². The molecular formula is C12H15FN2O2. The highest BCUT2D eigenvalue weighted by Gasteiger charge is 2.28. The first kappa shape index (κ1) is 12.0. The molecule has 5 heteroatoms. The van der Waals surface area contributed by atoms with Crippen LogP contribution in [0.3, 0.4) is 0 Å². The molecule has 0 saturated carbocycles. The summed E-state index contributed by atoms with van der Waals surface area (Å²) in [5, 5.41) is 11.9. The van der Waals surface area contributed by atoms with Gasteiger partial charge in [0.25, 0.3) is 0 Å². The number of amides is 1. The highest BCUT2D eigenvalue weighted by molar-refractivity contribution is 5.97. The van der Waals surface area contributed by atoms with Gasteiger partial charge in [0.2, 0.25) is 5.91 Å². The molecule has 1 saturated heterocycles. The van der Waals surface area contributed by atoms with Gasteiger partial charge in [-0.1, -0.05) is 6.07 Å². The fraction of sp³-hybridized carbons (Fsp3) is 0.417. The van der Waals surface area contributed by atoms with Crippen molar-refractivity contribution < 1.29 is 14.3 Å². The molecule has 0 aromatic heterocycles. The van der Waals surface area contributed by atoms with Gasteiger partial charge < -0.3 is 15.3 Å². The van der Waals surface area contributed by atoms with Gasteiger partial charge in [0.05, 0.1) is 6.04 Å². The van der Waals surface area contributed by atoms with E-state index >= 15 is 0 Å². The van der Waals surface area contributed by atoms with Crippen LogP contribution in [0.2, 0.25) is 0 Å². The van der Waals surface area contributed by atoms with E-state index in [1.54, 1.807) is 17.0 Å². The van der Waals surface area contributed by atoms with Crippen molar-refractivity contribution in [3.63, 3.8) is 0 Å². The summed E-state index contributed by atoms with van der Waals surface area (Å²) >= 11 is 0. The van der Waals surface area contributed by atoms with E-state index in [4.69, 9.17) is 5.11 Å². The predicted molar refractivity (Wildman–Crippen MR) is 62.2 cm³/mol. The Labute approximate surface area is 99.0 Å². The molecular weight excluding hydrogens is 223 g/mol. The van der Waals surface area contributed by atoms with Crippen molar-refractivity contribution in [3.8, 4) is 0 Å². The molecule has 1 aliphatic heterocycles. The zero-order chi connectivity index (χ0) is 12.3. The van der Waals surface area contributed by atoms with E-state index in [1.165, 1.54) is 12.1 Å². The van der Waals surface area contributed by atoms with Gasteiger partial charge >= 0.3 is 0 Å². The van der Waals surface area contributed by atoms with E-state index in [0.717, 1.165) is 0 Å². The lowest BCUT2D eigenvalue weighted by Gasteiger charge is -2.33. The van der Waals surface area contributed by atoms with Gasteiger partial charge in [-0.2, -0.15) is 0 Å². The van der Waals surface area contributed by atoms with Gasteiger partial charge in [-0.3, -0.25) is 4.79 Å². The van der Waals surface area contributed by atoms with Crippen LogP contribution in [0.25, 0.3) is 0 Å². The molecule has 1 aromatic rings. The number of piperazine rings is 1. The fourth-order valence-electron chi connectivity index (χ4n) is 1.99. The molecule has 17 heavy (non-hydrogen) atoms. The van der Waals surface area contributed by atoms with Crippen molar-refractivity contribution in [2.45, 2.75) is 12.5 Å². The van der Waals surface area contributed by atoms with Crippen LogP contribution in [-0.2, 0) is 4.79 Å². The van der Waals surface area contributed by atoms with E-state index in [9.17, 15) is 9.18 Å². The zero-order valence-corrected chi connectivity index (χ0v) is 9.40. The number of hydrogen-bond acceptors (Lipinski definition) is 3. The SMILES string of the molecule is O=C1C(CCO)NCCN1c1cccc(F)c1. The fourth-order valence-corrected chi connectivity index (χ4v) is 1.99. The van der Waals surface area contributed by atoms with Crippen molar-refractivity contribution in [2.24, 2.45) is 0 Å². The number of rotatable bonds is 3. The van der Waals surface area contributed by atoms with Crippen molar-refractivity contribution in [1.82, 2.24) is 5.32 Å². The molecule has 0 radical (unpaired) electrons. The average Bonchev–Trinajstić information content (AvgIpc) is 2.32. The summed E-state index contributed by atoms with van der Waals surface area (Å²) in [6.45, 7) is 1.12. The molecule has 92 valence electrons. The Balaban J connectivity index is 2.17. The topological polar surface area (TPSA) is 52.6 Å². The van der Waals surface area contributed by atoms with E-state index in [-0.39, 0.29) is 24.4 Å². The molecule has 1 heterocycles. The summed E-state index contributed by atoms with van der Waals surface area (Å²) in [6.07, 6.45) is 0.380. The summed E-state index contributed by atoms with van der Waals surface area (Å²) in [4.78, 5) is 13.6. The van der Waals surface area contributed by atoms with Crippen molar-refractivity contribution in [2.75, 3.05) is 24.6 Å². The van der Waals surface area contributed by atoms with Crippen LogP contribution >= 0.6 is 0 Å². The minimum atomic E-state index is -0.378. The number of hydrogen-bond donors (Lipinski definition) is 2. The molecule has 0 spiro atoms. The number of aliphatic hydroxyl groups excluding tert-OH is 1. The Bertz CT molecular complexity index is 409. The van der Waals surface area contributed by atoms with Crippen molar-refractivity contribution in [1.29, 1.82) is 0 Å². The molecule has 1 unspecified atom stereocenters. The summed E-state index contributed by atoms with van der Waals surface area (Å²) in [5.41, 5.74) is 0.569. The lowest BCUT2D eigenvalue weighted by Crippen LogP contribution is -2.55. The number of nitrogens with zero attached hydrogens (tertiary/aromatic N) is 1. The normalized spacial score (nSPS) is 20.7. The molecule has 1 atom stereocenters. The van der Waals surface area contributed by atoms with E-state index in [0.29, 0.717) is 25.2 Å². The average molecular weight is 238 g/mol. The third-order valence-electron chi connectivity index (χ3n) is 2.83. The van der Waals surface area contributed by atoms with Crippen LogP contribution in [-0.4, -0.2) is 36.8 Å². The Morgan fingerprint density at radius 1 is 1.53 bits per heavy atom. The largest absolute Gasteiger partial charge is 0.396 e. The minimum absolute atomic E-state index is 0.0413. The molecule has 1 aromatic carbocycles. The Morgan fingerprint density at radius 2 is 2.35 bits per heavy atom. The molecule has 2 rings (SSSR count). The van der Waals surface area contributed by atoms with Gasteiger partial charge in [0, 0.05) is 25.4 Å². The molecule has 1 fully saturated rings. The number of carbonyl (C=O) groups is 1. The lowest BCUT2D eigenvalue weighted by atomic mass is 10.1. The van der Waals surface area contributed by atoms with Crippen LogP contribution in [0, 0.1) is 5.82 Å². The number of benzene rings is 1. The van der Waals surface area contributed by atoms with E-state index < -0.39 is 0 Å². The van der Waals surface area contributed by atoms with Gasteiger partial charge in [0.15, 0.2) is 0 Å². The summed E-state index contributed by atoms with van der Waals surface area (Å²) < 4.78 is 13.1. The van der Waals surface area contributed by atoms with Gasteiger partial charge in [-0.15, -0.1) is 0 Å². The maximum Gasteiger partial charge on any atom is 0.244 e. The summed E-state index contributed by atoms with van der Waals surface area (Å²) in [5.74, 6) is -0.469. The second-order valence-corrected chi connectivity index (χ2v) is 3.99. The number of aliphatic hydroxyl groups is 1. The minimum Gasteiger partial charge on any atom is -0.396 e. The van der Waals surface area contributed by atoms with Crippen LogP contribution in [0.15, 0.2) is 24.3 Å². The van der Waals surface area contributed by atoms with Gasteiger partial charge in [-0.05, 0) is 24.6 Å². The first-order valence-corrected chi connectivity index (χ1v) is 5.63. The Morgan fingerprint density at radius 3 is 3.06 bits per heavy atom. The highest BCUT2D eigenvalue weighted by atomic mass is 19.1. The van der Waals surface area contributed by atoms with Gasteiger partial charge in [-0.25, -0.2) is 4.39 Å². The smallest absolute Gasteiger partial charge is 0.244 e. The molecule has 4 nitrogen and oxygen atoms in total.